The Labute approximate surface area is 146 Å². The van der Waals surface area contributed by atoms with Crippen molar-refractivity contribution in [3.05, 3.63) is 40.5 Å². The van der Waals surface area contributed by atoms with Crippen molar-refractivity contribution >= 4 is 17.2 Å². The molecule has 1 aliphatic heterocycles. The van der Waals surface area contributed by atoms with Crippen LogP contribution in [-0.2, 0) is 12.8 Å². The molecule has 0 bridgehead atoms. The first-order chi connectivity index (χ1) is 11.8. The number of thiophene rings is 1. The zero-order valence-electron chi connectivity index (χ0n) is 13.9. The molecule has 4 rings (SSSR count). The highest BCUT2D eigenvalue weighted by Crippen LogP contribution is 2.38. The number of fused-ring (bicyclic) bond motifs is 1. The minimum atomic E-state index is 0.189. The summed E-state index contributed by atoms with van der Waals surface area (Å²) in [4.78, 5) is 16.7. The predicted molar refractivity (Wildman–Crippen MR) is 96.0 cm³/mol. The van der Waals surface area contributed by atoms with E-state index in [1.54, 1.807) is 11.3 Å². The van der Waals surface area contributed by atoms with Crippen LogP contribution in [0.5, 0.6) is 0 Å². The summed E-state index contributed by atoms with van der Waals surface area (Å²) in [5.41, 5.74) is 2.23. The van der Waals surface area contributed by atoms with Crippen LogP contribution in [-0.4, -0.2) is 40.2 Å². The number of rotatable bonds is 3. The first-order valence-electron chi connectivity index (χ1n) is 8.96. The quantitative estimate of drug-likeness (QED) is 0.929. The van der Waals surface area contributed by atoms with Gasteiger partial charge >= 0.3 is 0 Å². The fourth-order valence-corrected chi connectivity index (χ4v) is 5.25. The maximum absolute atomic E-state index is 13.3. The number of hydrogen-bond donors (Lipinski definition) is 1. The normalized spacial score (nSPS) is 18.6. The van der Waals surface area contributed by atoms with Gasteiger partial charge in [0.2, 0.25) is 0 Å². The van der Waals surface area contributed by atoms with E-state index in [4.69, 9.17) is 0 Å². The Balaban J connectivity index is 1.68. The summed E-state index contributed by atoms with van der Waals surface area (Å²) in [5, 5.41) is 10.4. The molecule has 3 heterocycles. The Kier molecular flexibility index (Phi) is 4.46. The number of nitrogens with zero attached hydrogens (tertiary/aromatic N) is 2. The molecule has 2 aromatic heterocycles. The molecule has 1 N–H and O–H groups in total. The lowest BCUT2D eigenvalue weighted by atomic mass is 9.93. The summed E-state index contributed by atoms with van der Waals surface area (Å²) in [5.74, 6) is 0.545. The van der Waals surface area contributed by atoms with Crippen molar-refractivity contribution in [2.75, 3.05) is 19.7 Å². The van der Waals surface area contributed by atoms with Gasteiger partial charge in [0.25, 0.3) is 5.91 Å². The smallest absolute Gasteiger partial charge is 0.257 e. The zero-order valence-corrected chi connectivity index (χ0v) is 14.7. The number of hydrogen-bond acceptors (Lipinski definition) is 3. The van der Waals surface area contributed by atoms with Crippen LogP contribution in [0.3, 0.4) is 0 Å². The first kappa shape index (κ1) is 15.9. The highest BCUT2D eigenvalue weighted by atomic mass is 32.1. The van der Waals surface area contributed by atoms with Crippen LogP contribution in [0.4, 0.5) is 0 Å². The molecule has 2 aliphatic rings. The SMILES string of the molecule is O=C(c1c(-n2cccc2)sc2c1CCCC2)N1CCC(CO)CC1. The number of aromatic nitrogens is 1. The molecule has 4 nitrogen and oxygen atoms in total. The van der Waals surface area contributed by atoms with E-state index >= 15 is 0 Å². The van der Waals surface area contributed by atoms with Crippen LogP contribution in [0.25, 0.3) is 5.00 Å². The first-order valence-corrected chi connectivity index (χ1v) is 9.77. The summed E-state index contributed by atoms with van der Waals surface area (Å²) in [7, 11) is 0. The molecular formula is C19H24N2O2S. The van der Waals surface area contributed by atoms with Crippen molar-refractivity contribution in [3.63, 3.8) is 0 Å². The van der Waals surface area contributed by atoms with E-state index in [2.05, 4.69) is 4.57 Å². The number of amides is 1. The summed E-state index contributed by atoms with van der Waals surface area (Å²) in [6.45, 7) is 1.77. The van der Waals surface area contributed by atoms with Crippen molar-refractivity contribution in [1.82, 2.24) is 9.47 Å². The highest BCUT2D eigenvalue weighted by molar-refractivity contribution is 7.15. The van der Waals surface area contributed by atoms with Gasteiger partial charge < -0.3 is 14.6 Å². The van der Waals surface area contributed by atoms with Gasteiger partial charge in [-0.1, -0.05) is 0 Å². The topological polar surface area (TPSA) is 45.5 Å². The molecule has 0 spiro atoms. The number of piperidine rings is 1. The second-order valence-electron chi connectivity index (χ2n) is 6.90. The molecule has 0 aromatic carbocycles. The van der Waals surface area contributed by atoms with Gasteiger partial charge in [0.05, 0.1) is 5.56 Å². The maximum atomic E-state index is 13.3. The number of aliphatic hydroxyl groups is 1. The number of aliphatic hydroxyl groups excluding tert-OH is 1. The molecule has 0 saturated carbocycles. The van der Waals surface area contributed by atoms with Crippen molar-refractivity contribution in [2.45, 2.75) is 38.5 Å². The molecule has 0 radical (unpaired) electrons. The lowest BCUT2D eigenvalue weighted by molar-refractivity contribution is 0.0650. The van der Waals surface area contributed by atoms with Crippen LogP contribution in [0.1, 0.15) is 46.5 Å². The van der Waals surface area contributed by atoms with E-state index in [1.807, 2.05) is 29.4 Å². The summed E-state index contributed by atoms with van der Waals surface area (Å²) >= 11 is 1.79. The maximum Gasteiger partial charge on any atom is 0.257 e. The molecule has 2 aromatic rings. The van der Waals surface area contributed by atoms with Crippen LogP contribution in [0.2, 0.25) is 0 Å². The summed E-state index contributed by atoms with van der Waals surface area (Å²) in [6.07, 6.45) is 10.4. The number of aryl methyl sites for hydroxylation is 1. The molecule has 1 fully saturated rings. The van der Waals surface area contributed by atoms with Gasteiger partial charge in [0, 0.05) is 37.0 Å². The van der Waals surface area contributed by atoms with E-state index in [-0.39, 0.29) is 12.5 Å². The molecule has 0 unspecified atom stereocenters. The average molecular weight is 344 g/mol. The monoisotopic (exact) mass is 344 g/mol. The highest BCUT2D eigenvalue weighted by Gasteiger charge is 2.30. The van der Waals surface area contributed by atoms with Crippen molar-refractivity contribution in [2.24, 2.45) is 5.92 Å². The van der Waals surface area contributed by atoms with Gasteiger partial charge in [-0.05, 0) is 62.1 Å². The Morgan fingerprint density at radius 3 is 2.58 bits per heavy atom. The third-order valence-electron chi connectivity index (χ3n) is 5.37. The van der Waals surface area contributed by atoms with Gasteiger partial charge in [0.15, 0.2) is 0 Å². The molecule has 128 valence electrons. The Morgan fingerprint density at radius 1 is 1.17 bits per heavy atom. The van der Waals surface area contributed by atoms with E-state index < -0.39 is 0 Å². The molecule has 24 heavy (non-hydrogen) atoms. The Morgan fingerprint density at radius 2 is 1.88 bits per heavy atom. The third-order valence-corrected chi connectivity index (χ3v) is 6.67. The van der Waals surface area contributed by atoms with Gasteiger partial charge in [0.1, 0.15) is 5.00 Å². The number of carbonyl (C=O) groups is 1. The van der Waals surface area contributed by atoms with Crippen molar-refractivity contribution < 1.29 is 9.90 Å². The zero-order chi connectivity index (χ0) is 16.5. The fraction of sp³-hybridized carbons (Fsp3) is 0.526. The third kappa shape index (κ3) is 2.80. The van der Waals surface area contributed by atoms with E-state index in [0.29, 0.717) is 5.92 Å². The molecule has 0 atom stereocenters. The van der Waals surface area contributed by atoms with Gasteiger partial charge in [-0.15, -0.1) is 11.3 Å². The number of carbonyl (C=O) groups excluding carboxylic acids is 1. The van der Waals surface area contributed by atoms with Crippen LogP contribution in [0, 0.1) is 5.92 Å². The predicted octanol–water partition coefficient (Wildman–Crippen LogP) is 3.26. The van der Waals surface area contributed by atoms with Gasteiger partial charge in [-0.25, -0.2) is 0 Å². The van der Waals surface area contributed by atoms with Crippen LogP contribution in [0.15, 0.2) is 24.5 Å². The minimum Gasteiger partial charge on any atom is -0.396 e. The van der Waals surface area contributed by atoms with Gasteiger partial charge in [-0.2, -0.15) is 0 Å². The Bertz CT molecular complexity index is 712. The molecule has 1 aliphatic carbocycles. The second kappa shape index (κ2) is 6.73. The summed E-state index contributed by atoms with van der Waals surface area (Å²) in [6, 6.07) is 4.03. The average Bonchev–Trinajstić information content (AvgIpc) is 3.28. The van der Waals surface area contributed by atoms with E-state index in [1.165, 1.54) is 23.3 Å². The molecule has 5 heteroatoms. The minimum absolute atomic E-state index is 0.189. The Hall–Kier alpha value is -1.59. The lowest BCUT2D eigenvalue weighted by Crippen LogP contribution is -2.39. The second-order valence-corrected chi connectivity index (χ2v) is 7.98. The van der Waals surface area contributed by atoms with E-state index in [0.717, 1.165) is 49.3 Å². The number of likely N-dealkylation sites (tertiary alicyclic amines) is 1. The molecule has 1 saturated heterocycles. The lowest BCUT2D eigenvalue weighted by Gasteiger charge is -2.31. The molecular weight excluding hydrogens is 320 g/mol. The van der Waals surface area contributed by atoms with Crippen molar-refractivity contribution in [1.29, 1.82) is 0 Å². The van der Waals surface area contributed by atoms with Crippen LogP contribution < -0.4 is 0 Å². The summed E-state index contributed by atoms with van der Waals surface area (Å²) < 4.78 is 2.09. The van der Waals surface area contributed by atoms with Gasteiger partial charge in [-0.3, -0.25) is 4.79 Å². The van der Waals surface area contributed by atoms with Crippen molar-refractivity contribution in [3.8, 4) is 5.00 Å². The van der Waals surface area contributed by atoms with E-state index in [9.17, 15) is 9.90 Å². The standard InChI is InChI=1S/C19H24N2O2S/c22-13-14-7-11-20(12-8-14)18(23)17-15-5-1-2-6-16(15)24-19(17)21-9-3-4-10-21/h3-4,9-10,14,22H,1-2,5-8,11-13H2. The molecule has 1 amide bonds. The van der Waals surface area contributed by atoms with Crippen LogP contribution >= 0.6 is 11.3 Å². The largest absolute Gasteiger partial charge is 0.396 e. The fourth-order valence-electron chi connectivity index (χ4n) is 3.90.